The number of anilines is 2. The second kappa shape index (κ2) is 12.9. The zero-order valence-electron chi connectivity index (χ0n) is 23.0. The highest BCUT2D eigenvalue weighted by molar-refractivity contribution is 8.00. The number of rotatable bonds is 9. The fraction of sp³-hybridized carbons (Fsp3) is 0.0294. The van der Waals surface area contributed by atoms with Gasteiger partial charge in [0.1, 0.15) is 5.25 Å². The summed E-state index contributed by atoms with van der Waals surface area (Å²) in [4.78, 5) is 42.1. The Kier molecular flexibility index (Phi) is 8.44. The first-order valence-corrected chi connectivity index (χ1v) is 15.3. The van der Waals surface area contributed by atoms with Gasteiger partial charge in [-0.3, -0.25) is 19.7 Å². The van der Waals surface area contributed by atoms with E-state index in [1.54, 1.807) is 12.1 Å². The highest BCUT2D eigenvalue weighted by atomic mass is 32.2. The zero-order chi connectivity index (χ0) is 30.5. The van der Waals surface area contributed by atoms with Gasteiger partial charge < -0.3 is 10.6 Å². The number of hydrogen-bond donors (Lipinski definition) is 2. The van der Waals surface area contributed by atoms with Crippen LogP contribution in [0.5, 0.6) is 0 Å². The Morgan fingerprint density at radius 1 is 0.795 bits per heavy atom. The molecular formula is C34H24N4O4S2. The van der Waals surface area contributed by atoms with Crippen LogP contribution in [0.2, 0.25) is 0 Å². The van der Waals surface area contributed by atoms with Crippen LogP contribution in [-0.4, -0.2) is 21.7 Å². The Balaban J connectivity index is 1.15. The third kappa shape index (κ3) is 6.67. The minimum absolute atomic E-state index is 0.0832. The van der Waals surface area contributed by atoms with Crippen LogP contribution >= 0.6 is 23.1 Å². The number of thioether (sulfide) groups is 1. The standard InChI is InChI=1S/C34H24N4O4S2/c39-32(24-12-16-28(17-13-24)38(41)42)35-27-14-18-29(19-15-27)44-31(23-7-2-1-3-8-23)33(40)37-34-36-30(21-43-34)26-11-10-22-6-4-5-9-25(22)20-26/h1-21,31H,(H,35,39)(H,36,37,40). The van der Waals surface area contributed by atoms with Gasteiger partial charge in [-0.1, -0.05) is 66.7 Å². The van der Waals surface area contributed by atoms with E-state index >= 15 is 0 Å². The smallest absolute Gasteiger partial charge is 0.269 e. The van der Waals surface area contributed by atoms with E-state index in [4.69, 9.17) is 4.98 Å². The summed E-state index contributed by atoms with van der Waals surface area (Å²) >= 11 is 2.77. The van der Waals surface area contributed by atoms with Crippen LogP contribution in [0.15, 0.2) is 132 Å². The molecule has 5 aromatic carbocycles. The molecule has 0 aliphatic carbocycles. The normalized spacial score (nSPS) is 11.5. The lowest BCUT2D eigenvalue weighted by Gasteiger charge is -2.16. The van der Waals surface area contributed by atoms with E-state index in [9.17, 15) is 19.7 Å². The molecule has 1 unspecified atom stereocenters. The van der Waals surface area contributed by atoms with Crippen molar-refractivity contribution >= 4 is 62.2 Å². The van der Waals surface area contributed by atoms with E-state index in [2.05, 4.69) is 34.9 Å². The summed E-state index contributed by atoms with van der Waals surface area (Å²) in [7, 11) is 0. The van der Waals surface area contributed by atoms with Crippen molar-refractivity contribution in [3.8, 4) is 11.3 Å². The third-order valence-corrected chi connectivity index (χ3v) is 8.85. The first kappa shape index (κ1) is 28.8. The molecule has 6 aromatic rings. The molecule has 0 aliphatic rings. The van der Waals surface area contributed by atoms with Crippen LogP contribution < -0.4 is 10.6 Å². The monoisotopic (exact) mass is 616 g/mol. The molecule has 0 fully saturated rings. The fourth-order valence-corrected chi connectivity index (χ4v) is 6.32. The van der Waals surface area contributed by atoms with E-state index < -0.39 is 10.2 Å². The van der Waals surface area contributed by atoms with E-state index in [1.807, 2.05) is 66.0 Å². The summed E-state index contributed by atoms with van der Waals surface area (Å²) in [5, 5.41) is 20.9. The molecule has 0 saturated carbocycles. The number of benzene rings is 5. The Labute approximate surface area is 260 Å². The average Bonchev–Trinajstić information content (AvgIpc) is 3.53. The summed E-state index contributed by atoms with van der Waals surface area (Å²) in [5.74, 6) is -0.579. The molecule has 0 bridgehead atoms. The highest BCUT2D eigenvalue weighted by Crippen LogP contribution is 2.37. The summed E-state index contributed by atoms with van der Waals surface area (Å²) in [5.41, 5.74) is 3.40. The van der Waals surface area contributed by atoms with E-state index in [0.29, 0.717) is 16.4 Å². The SMILES string of the molecule is O=C(Nc1ccc(SC(C(=O)Nc2nc(-c3ccc4ccccc4c3)cs2)c2ccccc2)cc1)c1ccc([N+](=O)[O-])cc1. The van der Waals surface area contributed by atoms with Crippen molar-refractivity contribution in [3.05, 3.63) is 148 Å². The number of carbonyl (C=O) groups excluding carboxylic acids is 2. The number of thiazole rings is 1. The second-order valence-corrected chi connectivity index (χ2v) is 11.8. The highest BCUT2D eigenvalue weighted by Gasteiger charge is 2.23. The molecule has 10 heteroatoms. The van der Waals surface area contributed by atoms with E-state index in [0.717, 1.165) is 32.5 Å². The number of nitro groups is 1. The van der Waals surface area contributed by atoms with Crippen LogP contribution in [-0.2, 0) is 4.79 Å². The Morgan fingerprint density at radius 2 is 1.50 bits per heavy atom. The number of nitrogens with one attached hydrogen (secondary N) is 2. The third-order valence-electron chi connectivity index (χ3n) is 6.83. The van der Waals surface area contributed by atoms with Crippen LogP contribution in [0.4, 0.5) is 16.5 Å². The van der Waals surface area contributed by atoms with Gasteiger partial charge in [0, 0.05) is 39.2 Å². The fourth-order valence-electron chi connectivity index (χ4n) is 4.57. The molecule has 8 nitrogen and oxygen atoms in total. The van der Waals surface area contributed by atoms with Crippen molar-refractivity contribution < 1.29 is 14.5 Å². The minimum atomic E-state index is -0.551. The molecule has 1 heterocycles. The Hall–Kier alpha value is -5.32. The maximum atomic E-state index is 13.6. The molecule has 0 spiro atoms. The largest absolute Gasteiger partial charge is 0.322 e. The number of amides is 2. The molecular weight excluding hydrogens is 593 g/mol. The number of non-ortho nitro benzene ring substituents is 1. The van der Waals surface area contributed by atoms with E-state index in [1.165, 1.54) is 47.4 Å². The van der Waals surface area contributed by atoms with Crippen molar-refractivity contribution in [1.82, 2.24) is 4.98 Å². The van der Waals surface area contributed by atoms with Crippen LogP contribution in [0, 0.1) is 10.1 Å². The molecule has 216 valence electrons. The molecule has 1 atom stereocenters. The summed E-state index contributed by atoms with van der Waals surface area (Å²) in [6.45, 7) is 0. The van der Waals surface area contributed by atoms with Gasteiger partial charge in [0.2, 0.25) is 5.91 Å². The molecule has 44 heavy (non-hydrogen) atoms. The molecule has 6 rings (SSSR count). The van der Waals surface area contributed by atoms with Crippen molar-refractivity contribution in [2.75, 3.05) is 10.6 Å². The second-order valence-electron chi connectivity index (χ2n) is 9.78. The van der Waals surface area contributed by atoms with Gasteiger partial charge >= 0.3 is 0 Å². The van der Waals surface area contributed by atoms with Gasteiger partial charge in [-0.25, -0.2) is 4.98 Å². The topological polar surface area (TPSA) is 114 Å². The Bertz CT molecular complexity index is 1960. The van der Waals surface area contributed by atoms with Crippen molar-refractivity contribution in [1.29, 1.82) is 0 Å². The minimum Gasteiger partial charge on any atom is -0.322 e. The lowest BCUT2D eigenvalue weighted by molar-refractivity contribution is -0.384. The first-order chi connectivity index (χ1) is 21.4. The predicted octanol–water partition coefficient (Wildman–Crippen LogP) is 8.60. The number of nitro benzene ring substituents is 1. The molecule has 0 radical (unpaired) electrons. The summed E-state index contributed by atoms with van der Waals surface area (Å²) in [6.07, 6.45) is 0. The van der Waals surface area contributed by atoms with Gasteiger partial charge in [0.05, 0.1) is 10.6 Å². The molecule has 1 aromatic heterocycles. The molecule has 2 N–H and O–H groups in total. The van der Waals surface area contributed by atoms with Crippen LogP contribution in [0.3, 0.4) is 0 Å². The summed E-state index contributed by atoms with van der Waals surface area (Å²) < 4.78 is 0. The maximum absolute atomic E-state index is 13.6. The molecule has 0 aliphatic heterocycles. The van der Waals surface area contributed by atoms with Crippen molar-refractivity contribution in [2.45, 2.75) is 10.1 Å². The number of hydrogen-bond acceptors (Lipinski definition) is 7. The van der Waals surface area contributed by atoms with Gasteiger partial charge in [0.15, 0.2) is 5.13 Å². The summed E-state index contributed by atoms with van der Waals surface area (Å²) in [6, 6.07) is 36.4. The lowest BCUT2D eigenvalue weighted by atomic mass is 10.1. The van der Waals surface area contributed by atoms with Crippen LogP contribution in [0.1, 0.15) is 21.2 Å². The van der Waals surface area contributed by atoms with Crippen LogP contribution in [0.25, 0.3) is 22.0 Å². The van der Waals surface area contributed by atoms with E-state index in [-0.39, 0.29) is 17.5 Å². The average molecular weight is 617 g/mol. The molecule has 0 saturated heterocycles. The van der Waals surface area contributed by atoms with Gasteiger partial charge in [0.25, 0.3) is 11.6 Å². The maximum Gasteiger partial charge on any atom is 0.269 e. The quantitative estimate of drug-likeness (QED) is 0.0955. The number of fused-ring (bicyclic) bond motifs is 1. The Morgan fingerprint density at radius 3 is 2.23 bits per heavy atom. The first-order valence-electron chi connectivity index (χ1n) is 13.6. The molecule has 2 amide bonds. The number of nitrogens with zero attached hydrogens (tertiary/aromatic N) is 2. The van der Waals surface area contributed by atoms with Gasteiger partial charge in [-0.05, 0) is 58.8 Å². The van der Waals surface area contributed by atoms with Crippen molar-refractivity contribution in [2.24, 2.45) is 0 Å². The van der Waals surface area contributed by atoms with Crippen molar-refractivity contribution in [3.63, 3.8) is 0 Å². The van der Waals surface area contributed by atoms with Gasteiger partial charge in [-0.2, -0.15) is 0 Å². The number of carbonyl (C=O) groups is 2. The number of aromatic nitrogens is 1. The van der Waals surface area contributed by atoms with Gasteiger partial charge in [-0.15, -0.1) is 23.1 Å². The zero-order valence-corrected chi connectivity index (χ0v) is 24.7. The predicted molar refractivity (Wildman–Crippen MR) is 176 cm³/mol. The lowest BCUT2D eigenvalue weighted by Crippen LogP contribution is -2.19.